The van der Waals surface area contributed by atoms with Crippen molar-refractivity contribution in [2.45, 2.75) is 32.1 Å². The summed E-state index contributed by atoms with van der Waals surface area (Å²) in [7, 11) is 0. The van der Waals surface area contributed by atoms with Crippen molar-refractivity contribution in [3.8, 4) is 0 Å². The number of hydrogen-bond acceptors (Lipinski definition) is 3. The molecule has 4 heteroatoms. The van der Waals surface area contributed by atoms with Gasteiger partial charge in [-0.1, -0.05) is 6.92 Å². The molecule has 0 radical (unpaired) electrons. The quantitative estimate of drug-likeness (QED) is 0.571. The molecule has 1 heterocycles. The zero-order valence-corrected chi connectivity index (χ0v) is 8.45. The standard InChI is InChI=1S/C9H13N3S/c1-2-6-7(8(10)11)13-9(12-6)5-3-4-5/h5H,2-4H2,1H3,(H3,10,11). The van der Waals surface area contributed by atoms with E-state index in [-0.39, 0.29) is 5.84 Å². The fourth-order valence-corrected chi connectivity index (χ4v) is 2.51. The summed E-state index contributed by atoms with van der Waals surface area (Å²) >= 11 is 1.60. The lowest BCUT2D eigenvalue weighted by Gasteiger charge is -1.93. The SMILES string of the molecule is CCc1nc(C2CC2)sc1C(=N)N. The van der Waals surface area contributed by atoms with Crippen molar-refractivity contribution in [2.24, 2.45) is 5.73 Å². The highest BCUT2D eigenvalue weighted by molar-refractivity contribution is 7.14. The number of aromatic nitrogens is 1. The van der Waals surface area contributed by atoms with Crippen molar-refractivity contribution in [3.63, 3.8) is 0 Å². The van der Waals surface area contributed by atoms with Gasteiger partial charge in [0.05, 0.1) is 15.6 Å². The average molecular weight is 195 g/mol. The molecule has 0 bridgehead atoms. The van der Waals surface area contributed by atoms with Crippen LogP contribution in [0, 0.1) is 5.41 Å². The van der Waals surface area contributed by atoms with Crippen molar-refractivity contribution < 1.29 is 0 Å². The van der Waals surface area contributed by atoms with E-state index in [1.807, 2.05) is 0 Å². The minimum Gasteiger partial charge on any atom is -0.383 e. The van der Waals surface area contributed by atoms with Gasteiger partial charge in [0.15, 0.2) is 0 Å². The Balaban J connectivity index is 2.36. The molecule has 0 atom stereocenters. The summed E-state index contributed by atoms with van der Waals surface area (Å²) in [5.74, 6) is 0.838. The average Bonchev–Trinajstić information content (AvgIpc) is 2.84. The second kappa shape index (κ2) is 3.10. The maximum absolute atomic E-state index is 7.40. The lowest BCUT2D eigenvalue weighted by molar-refractivity contribution is 0.993. The second-order valence-electron chi connectivity index (χ2n) is 3.37. The number of nitrogens with two attached hydrogens (primary N) is 1. The summed E-state index contributed by atoms with van der Waals surface area (Å²) in [4.78, 5) is 5.39. The zero-order valence-electron chi connectivity index (χ0n) is 7.63. The zero-order chi connectivity index (χ0) is 9.42. The van der Waals surface area contributed by atoms with Gasteiger partial charge in [-0.2, -0.15) is 0 Å². The van der Waals surface area contributed by atoms with E-state index in [4.69, 9.17) is 11.1 Å². The molecule has 3 N–H and O–H groups in total. The van der Waals surface area contributed by atoms with Gasteiger partial charge in [0.1, 0.15) is 5.84 Å². The van der Waals surface area contributed by atoms with E-state index in [9.17, 15) is 0 Å². The maximum Gasteiger partial charge on any atom is 0.135 e. The molecule has 70 valence electrons. The topological polar surface area (TPSA) is 62.8 Å². The first kappa shape index (κ1) is 8.69. The molecule has 0 amide bonds. The second-order valence-corrected chi connectivity index (χ2v) is 4.40. The van der Waals surface area contributed by atoms with Gasteiger partial charge in [0.2, 0.25) is 0 Å². The number of thiazole rings is 1. The van der Waals surface area contributed by atoms with Gasteiger partial charge in [-0.25, -0.2) is 4.98 Å². The van der Waals surface area contributed by atoms with Crippen molar-refractivity contribution in [1.29, 1.82) is 5.41 Å². The fraction of sp³-hybridized carbons (Fsp3) is 0.556. The lowest BCUT2D eigenvalue weighted by Crippen LogP contribution is -2.11. The highest BCUT2D eigenvalue weighted by atomic mass is 32.1. The molecule has 0 saturated heterocycles. The predicted octanol–water partition coefficient (Wildman–Crippen LogP) is 1.87. The van der Waals surface area contributed by atoms with E-state index < -0.39 is 0 Å². The number of amidine groups is 1. The maximum atomic E-state index is 7.40. The third-order valence-corrected chi connectivity index (χ3v) is 3.51. The first-order chi connectivity index (χ1) is 6.22. The van der Waals surface area contributed by atoms with Crippen LogP contribution in [0.4, 0.5) is 0 Å². The van der Waals surface area contributed by atoms with Gasteiger partial charge in [-0.15, -0.1) is 11.3 Å². The lowest BCUT2D eigenvalue weighted by atomic mass is 10.3. The largest absolute Gasteiger partial charge is 0.383 e. The summed E-state index contributed by atoms with van der Waals surface area (Å²) < 4.78 is 0. The molecule has 1 fully saturated rings. The molecule has 1 aromatic heterocycles. The molecule has 0 aliphatic heterocycles. The molecule has 0 aromatic carbocycles. The Kier molecular flexibility index (Phi) is 2.07. The summed E-state index contributed by atoms with van der Waals surface area (Å²) in [6.45, 7) is 2.05. The monoisotopic (exact) mass is 195 g/mol. The van der Waals surface area contributed by atoms with Crippen LogP contribution in [0.25, 0.3) is 0 Å². The van der Waals surface area contributed by atoms with Gasteiger partial charge < -0.3 is 5.73 Å². The number of rotatable bonds is 3. The summed E-state index contributed by atoms with van der Waals surface area (Å²) in [5.41, 5.74) is 6.48. The number of nitrogen functional groups attached to an aromatic ring is 1. The Morgan fingerprint density at radius 2 is 2.38 bits per heavy atom. The number of nitrogens with one attached hydrogen (secondary N) is 1. The Morgan fingerprint density at radius 1 is 1.69 bits per heavy atom. The third-order valence-electron chi connectivity index (χ3n) is 2.22. The van der Waals surface area contributed by atoms with E-state index in [2.05, 4.69) is 11.9 Å². The van der Waals surface area contributed by atoms with Crippen LogP contribution in [0.15, 0.2) is 0 Å². The minimum absolute atomic E-state index is 0.168. The molecule has 1 saturated carbocycles. The van der Waals surface area contributed by atoms with Crippen molar-refractivity contribution in [1.82, 2.24) is 4.98 Å². The van der Waals surface area contributed by atoms with Crippen molar-refractivity contribution in [2.75, 3.05) is 0 Å². The Morgan fingerprint density at radius 3 is 2.77 bits per heavy atom. The van der Waals surface area contributed by atoms with Crippen LogP contribution in [-0.4, -0.2) is 10.8 Å². The number of aryl methyl sites for hydroxylation is 1. The van der Waals surface area contributed by atoms with E-state index >= 15 is 0 Å². The van der Waals surface area contributed by atoms with Gasteiger partial charge in [0, 0.05) is 5.92 Å². The van der Waals surface area contributed by atoms with Crippen LogP contribution < -0.4 is 5.73 Å². The molecule has 0 unspecified atom stereocenters. The van der Waals surface area contributed by atoms with E-state index in [0.717, 1.165) is 17.0 Å². The molecule has 1 aliphatic carbocycles. The highest BCUT2D eigenvalue weighted by Gasteiger charge is 2.28. The molecule has 2 rings (SSSR count). The number of nitrogens with zero attached hydrogens (tertiary/aromatic N) is 1. The van der Waals surface area contributed by atoms with Crippen LogP contribution in [-0.2, 0) is 6.42 Å². The normalized spacial score (nSPS) is 16.1. The van der Waals surface area contributed by atoms with Gasteiger partial charge in [-0.3, -0.25) is 5.41 Å². The van der Waals surface area contributed by atoms with Crippen molar-refractivity contribution >= 4 is 17.2 Å². The third kappa shape index (κ3) is 1.58. The molecule has 1 aliphatic rings. The Bertz CT molecular complexity index is 339. The minimum atomic E-state index is 0.168. The summed E-state index contributed by atoms with van der Waals surface area (Å²) in [5, 5.41) is 8.58. The Hall–Kier alpha value is -0.900. The fourth-order valence-electron chi connectivity index (χ4n) is 1.33. The van der Waals surface area contributed by atoms with Crippen LogP contribution in [0.5, 0.6) is 0 Å². The molecular weight excluding hydrogens is 182 g/mol. The van der Waals surface area contributed by atoms with E-state index in [0.29, 0.717) is 5.92 Å². The first-order valence-corrected chi connectivity index (χ1v) is 5.38. The van der Waals surface area contributed by atoms with Crippen LogP contribution in [0.1, 0.15) is 41.3 Å². The van der Waals surface area contributed by atoms with Crippen LogP contribution in [0.2, 0.25) is 0 Å². The molecule has 3 nitrogen and oxygen atoms in total. The van der Waals surface area contributed by atoms with Crippen molar-refractivity contribution in [3.05, 3.63) is 15.6 Å². The van der Waals surface area contributed by atoms with E-state index in [1.54, 1.807) is 11.3 Å². The first-order valence-electron chi connectivity index (χ1n) is 4.56. The summed E-state index contributed by atoms with van der Waals surface area (Å²) in [6, 6.07) is 0. The predicted molar refractivity (Wildman–Crippen MR) is 54.5 cm³/mol. The van der Waals surface area contributed by atoms with Crippen LogP contribution in [0.3, 0.4) is 0 Å². The molecule has 0 spiro atoms. The molecule has 1 aromatic rings. The number of hydrogen-bond donors (Lipinski definition) is 2. The van der Waals surface area contributed by atoms with Gasteiger partial charge in [0.25, 0.3) is 0 Å². The van der Waals surface area contributed by atoms with Gasteiger partial charge in [-0.05, 0) is 19.3 Å². The van der Waals surface area contributed by atoms with Gasteiger partial charge >= 0.3 is 0 Å². The van der Waals surface area contributed by atoms with E-state index in [1.165, 1.54) is 17.8 Å². The molecule has 13 heavy (non-hydrogen) atoms. The highest BCUT2D eigenvalue weighted by Crippen LogP contribution is 2.42. The summed E-state index contributed by atoms with van der Waals surface area (Å²) in [6.07, 6.45) is 3.39. The van der Waals surface area contributed by atoms with Crippen LogP contribution >= 0.6 is 11.3 Å². The smallest absolute Gasteiger partial charge is 0.135 e. The molecular formula is C9H13N3S. The Labute approximate surface area is 81.5 Å².